The van der Waals surface area contributed by atoms with Gasteiger partial charge in [-0.15, -0.1) is 0 Å². The minimum absolute atomic E-state index is 0.0888. The van der Waals surface area contributed by atoms with Gasteiger partial charge in [0.25, 0.3) is 11.5 Å². The smallest absolute Gasteiger partial charge is 0.260 e. The van der Waals surface area contributed by atoms with Gasteiger partial charge in [-0.05, 0) is 63.5 Å². The number of hydrogen-bond acceptors (Lipinski definition) is 3. The third-order valence-electron chi connectivity index (χ3n) is 4.96. The van der Waals surface area contributed by atoms with E-state index in [1.54, 1.807) is 6.07 Å². The van der Waals surface area contributed by atoms with Gasteiger partial charge in [0.05, 0.1) is 0 Å². The highest BCUT2D eigenvalue weighted by Crippen LogP contribution is 2.03. The molecule has 2 N–H and O–H groups in total. The van der Waals surface area contributed by atoms with Crippen LogP contribution in [0.5, 0.6) is 0 Å². The molecule has 0 atom stereocenters. The summed E-state index contributed by atoms with van der Waals surface area (Å²) >= 11 is 0. The fraction of sp³-hybridized carbons (Fsp3) is 0.414. The van der Waals surface area contributed by atoms with Crippen LogP contribution in [0.15, 0.2) is 83.9 Å². The van der Waals surface area contributed by atoms with Crippen molar-refractivity contribution in [3.05, 3.63) is 95.0 Å². The SMILES string of the molecule is CC/C=C\C/C=C\C/C=C\C/C=C\C/C=C\CCCC(=O)CCCNC(=O)c1ccc[nH]c1=O. The van der Waals surface area contributed by atoms with Gasteiger partial charge < -0.3 is 10.3 Å². The zero-order valence-electron chi connectivity index (χ0n) is 20.5. The van der Waals surface area contributed by atoms with Crippen LogP contribution >= 0.6 is 0 Å². The van der Waals surface area contributed by atoms with E-state index in [4.69, 9.17) is 0 Å². The number of pyridine rings is 1. The van der Waals surface area contributed by atoms with E-state index in [1.165, 1.54) is 12.3 Å². The average Bonchev–Trinajstić information content (AvgIpc) is 2.84. The summed E-state index contributed by atoms with van der Waals surface area (Å²) in [6.45, 7) is 2.53. The van der Waals surface area contributed by atoms with E-state index < -0.39 is 11.5 Å². The van der Waals surface area contributed by atoms with Crippen LogP contribution in [0.2, 0.25) is 0 Å². The second-order valence-corrected chi connectivity index (χ2v) is 7.91. The zero-order valence-corrected chi connectivity index (χ0v) is 20.5. The summed E-state index contributed by atoms with van der Waals surface area (Å²) in [6.07, 6.45) is 31.5. The van der Waals surface area contributed by atoms with Crippen molar-refractivity contribution >= 4 is 11.7 Å². The summed E-state index contributed by atoms with van der Waals surface area (Å²) in [5.41, 5.74) is -0.322. The number of hydrogen-bond donors (Lipinski definition) is 2. The van der Waals surface area contributed by atoms with Crippen molar-refractivity contribution in [2.24, 2.45) is 0 Å². The first-order chi connectivity index (χ1) is 16.6. The standard InChI is InChI=1S/C29H40N2O3/c1-2-3-4-5-6-7-8-9-10-11-12-13-14-15-16-17-18-21-26(32)22-19-24-30-28(33)27-23-20-25-31-29(27)34/h3-4,6-7,9-10,12-13,15-16,20,23,25H,2,5,8,11,14,17-19,21-22,24H2,1H3,(H,30,33)(H,31,34)/b4-3-,7-6-,10-9-,13-12-,16-15-. The number of H-pyrrole nitrogens is 1. The van der Waals surface area contributed by atoms with E-state index in [0.717, 1.165) is 44.9 Å². The molecule has 0 saturated heterocycles. The average molecular weight is 465 g/mol. The molecular formula is C29H40N2O3. The van der Waals surface area contributed by atoms with Gasteiger partial charge >= 0.3 is 0 Å². The Morgan fingerprint density at radius 1 is 0.824 bits per heavy atom. The number of Topliss-reactive ketones (excluding diaryl/α,β-unsaturated/α-hetero) is 1. The van der Waals surface area contributed by atoms with E-state index >= 15 is 0 Å². The van der Waals surface area contributed by atoms with E-state index in [9.17, 15) is 14.4 Å². The van der Waals surface area contributed by atoms with Gasteiger partial charge in [0.2, 0.25) is 0 Å². The molecule has 1 amide bonds. The van der Waals surface area contributed by atoms with Crippen LogP contribution < -0.4 is 10.9 Å². The number of aromatic amines is 1. The van der Waals surface area contributed by atoms with E-state index in [2.05, 4.69) is 78.0 Å². The molecule has 0 bridgehead atoms. The summed E-state index contributed by atoms with van der Waals surface area (Å²) in [7, 11) is 0. The molecule has 5 nitrogen and oxygen atoms in total. The number of carbonyl (C=O) groups excluding carboxylic acids is 2. The minimum atomic E-state index is -0.411. The number of ketones is 1. The van der Waals surface area contributed by atoms with Crippen LogP contribution in [-0.2, 0) is 4.79 Å². The predicted molar refractivity (Wildman–Crippen MR) is 142 cm³/mol. The van der Waals surface area contributed by atoms with Gasteiger partial charge in [-0.25, -0.2) is 0 Å². The van der Waals surface area contributed by atoms with Gasteiger partial charge in [0.1, 0.15) is 11.3 Å². The van der Waals surface area contributed by atoms with Crippen LogP contribution in [0.1, 0.15) is 81.5 Å². The first-order valence-electron chi connectivity index (χ1n) is 12.4. The Balaban J connectivity index is 1.99. The van der Waals surface area contributed by atoms with Crippen LogP contribution in [0.25, 0.3) is 0 Å². The molecule has 0 fully saturated rings. The van der Waals surface area contributed by atoms with Gasteiger partial charge in [-0.3, -0.25) is 14.4 Å². The molecule has 0 aliphatic rings. The molecule has 1 aromatic rings. The molecule has 0 aliphatic heterocycles. The maximum atomic E-state index is 12.0. The second-order valence-electron chi connectivity index (χ2n) is 7.91. The molecule has 0 spiro atoms. The predicted octanol–water partition coefficient (Wildman–Crippen LogP) is 6.38. The molecular weight excluding hydrogens is 424 g/mol. The van der Waals surface area contributed by atoms with E-state index in [0.29, 0.717) is 25.8 Å². The van der Waals surface area contributed by atoms with Crippen molar-refractivity contribution in [1.82, 2.24) is 10.3 Å². The number of nitrogens with one attached hydrogen (secondary N) is 2. The van der Waals surface area contributed by atoms with Gasteiger partial charge in [0, 0.05) is 25.6 Å². The fourth-order valence-electron chi connectivity index (χ4n) is 3.09. The van der Waals surface area contributed by atoms with E-state index in [-0.39, 0.29) is 11.3 Å². The van der Waals surface area contributed by atoms with Crippen LogP contribution in [0.3, 0.4) is 0 Å². The molecule has 5 heteroatoms. The van der Waals surface area contributed by atoms with Crippen molar-refractivity contribution in [2.75, 3.05) is 6.54 Å². The number of rotatable bonds is 18. The van der Waals surface area contributed by atoms with Crippen LogP contribution in [0, 0.1) is 0 Å². The molecule has 0 saturated carbocycles. The third kappa shape index (κ3) is 15.6. The quantitative estimate of drug-likeness (QED) is 0.195. The lowest BCUT2D eigenvalue weighted by atomic mass is 10.1. The highest BCUT2D eigenvalue weighted by molar-refractivity contribution is 5.93. The molecule has 1 rings (SSSR count). The minimum Gasteiger partial charge on any atom is -0.352 e. The van der Waals surface area contributed by atoms with Gasteiger partial charge in [-0.2, -0.15) is 0 Å². The largest absolute Gasteiger partial charge is 0.352 e. The lowest BCUT2D eigenvalue weighted by Crippen LogP contribution is -2.30. The number of carbonyl (C=O) groups is 2. The highest BCUT2D eigenvalue weighted by atomic mass is 16.2. The summed E-state index contributed by atoms with van der Waals surface area (Å²) in [6, 6.07) is 3.09. The number of unbranched alkanes of at least 4 members (excludes halogenated alkanes) is 1. The Kier molecular flexibility index (Phi) is 17.3. The van der Waals surface area contributed by atoms with Crippen molar-refractivity contribution < 1.29 is 9.59 Å². The first kappa shape index (κ1) is 28.8. The van der Waals surface area contributed by atoms with Crippen molar-refractivity contribution in [1.29, 1.82) is 0 Å². The maximum absolute atomic E-state index is 12.0. The topological polar surface area (TPSA) is 79.0 Å². The summed E-state index contributed by atoms with van der Waals surface area (Å²) in [4.78, 5) is 37.9. The molecule has 0 aromatic carbocycles. The summed E-state index contributed by atoms with van der Waals surface area (Å²) in [5, 5.41) is 2.68. The number of amides is 1. The first-order valence-corrected chi connectivity index (χ1v) is 12.4. The van der Waals surface area contributed by atoms with Crippen molar-refractivity contribution in [3.8, 4) is 0 Å². The molecule has 0 radical (unpaired) electrons. The van der Waals surface area contributed by atoms with Crippen LogP contribution in [-0.4, -0.2) is 23.2 Å². The summed E-state index contributed by atoms with van der Waals surface area (Å²) in [5.74, 6) is -0.202. The maximum Gasteiger partial charge on any atom is 0.260 e. The van der Waals surface area contributed by atoms with Crippen molar-refractivity contribution in [2.45, 2.75) is 71.1 Å². The Bertz CT molecular complexity index is 904. The molecule has 0 aliphatic carbocycles. The van der Waals surface area contributed by atoms with Gasteiger partial charge in [0.15, 0.2) is 0 Å². The zero-order chi connectivity index (χ0) is 24.7. The van der Waals surface area contributed by atoms with Crippen molar-refractivity contribution in [3.63, 3.8) is 0 Å². The van der Waals surface area contributed by atoms with Crippen LogP contribution in [0.4, 0.5) is 0 Å². The lowest BCUT2D eigenvalue weighted by Gasteiger charge is -2.04. The number of aromatic nitrogens is 1. The Labute approximate surface area is 204 Å². The summed E-state index contributed by atoms with van der Waals surface area (Å²) < 4.78 is 0. The molecule has 0 unspecified atom stereocenters. The highest BCUT2D eigenvalue weighted by Gasteiger charge is 2.09. The monoisotopic (exact) mass is 464 g/mol. The Morgan fingerprint density at radius 3 is 1.97 bits per heavy atom. The number of allylic oxidation sites excluding steroid dienone is 10. The Morgan fingerprint density at radius 2 is 1.38 bits per heavy atom. The fourth-order valence-corrected chi connectivity index (χ4v) is 3.09. The van der Waals surface area contributed by atoms with Gasteiger partial charge in [-0.1, -0.05) is 67.7 Å². The molecule has 184 valence electrons. The molecule has 1 heterocycles. The molecule has 34 heavy (non-hydrogen) atoms. The molecule has 1 aromatic heterocycles. The lowest BCUT2D eigenvalue weighted by molar-refractivity contribution is -0.119. The van der Waals surface area contributed by atoms with E-state index in [1.807, 2.05) is 0 Å². The Hall–Kier alpha value is -3.21. The normalized spacial score (nSPS) is 12.1. The second kappa shape index (κ2) is 20.4. The third-order valence-corrected chi connectivity index (χ3v) is 4.96.